The van der Waals surface area contributed by atoms with E-state index in [0.717, 1.165) is 0 Å². The molecule has 2 N–H and O–H groups in total. The monoisotopic (exact) mass is 322 g/mol. The molecule has 0 atom stereocenters. The van der Waals surface area contributed by atoms with Gasteiger partial charge in [-0.2, -0.15) is 0 Å². The summed E-state index contributed by atoms with van der Waals surface area (Å²) in [5.74, 6) is -0.255. The molecular formula is C18H14N2O4. The molecule has 0 aliphatic heterocycles. The summed E-state index contributed by atoms with van der Waals surface area (Å²) in [6.45, 7) is 0. The number of para-hydroxylation sites is 1. The van der Waals surface area contributed by atoms with E-state index in [1.165, 1.54) is 19.3 Å². The summed E-state index contributed by atoms with van der Waals surface area (Å²) in [4.78, 5) is 30.4. The van der Waals surface area contributed by atoms with E-state index >= 15 is 0 Å². The van der Waals surface area contributed by atoms with E-state index in [4.69, 9.17) is 0 Å². The molecule has 0 saturated heterocycles. The molecule has 0 aliphatic carbocycles. The molecule has 24 heavy (non-hydrogen) atoms. The second-order valence-electron chi connectivity index (χ2n) is 5.06. The minimum absolute atomic E-state index is 0.0244. The standard InChI is InChI=1S/C18H14N2O4/c1-24-16(22)9-7-11-6-8-15(21)13(10-11)17-19-14-5-3-2-4-12(14)18(23)20-17/h2-10,21H,1H3,(H,19,20,23). The fraction of sp³-hybridized carbons (Fsp3) is 0.0556. The third-order valence-electron chi connectivity index (χ3n) is 3.50. The van der Waals surface area contributed by atoms with Crippen LogP contribution in [0.4, 0.5) is 0 Å². The van der Waals surface area contributed by atoms with Crippen molar-refractivity contribution in [3.8, 4) is 17.1 Å². The molecule has 120 valence electrons. The number of rotatable bonds is 3. The van der Waals surface area contributed by atoms with Crippen molar-refractivity contribution in [3.05, 3.63) is 64.5 Å². The summed E-state index contributed by atoms with van der Waals surface area (Å²) in [5.41, 5.74) is 1.27. The van der Waals surface area contributed by atoms with Crippen molar-refractivity contribution in [1.29, 1.82) is 0 Å². The number of ether oxygens (including phenoxy) is 1. The van der Waals surface area contributed by atoms with Crippen LogP contribution < -0.4 is 5.56 Å². The highest BCUT2D eigenvalue weighted by Crippen LogP contribution is 2.28. The number of phenols is 1. The van der Waals surface area contributed by atoms with Crippen LogP contribution in [0.15, 0.2) is 53.3 Å². The molecule has 0 saturated carbocycles. The lowest BCUT2D eigenvalue weighted by atomic mass is 10.1. The lowest BCUT2D eigenvalue weighted by molar-refractivity contribution is -0.134. The Bertz CT molecular complexity index is 1010. The number of carbonyl (C=O) groups excluding carboxylic acids is 1. The number of esters is 1. The van der Waals surface area contributed by atoms with Crippen LogP contribution in [0.25, 0.3) is 28.4 Å². The molecular weight excluding hydrogens is 308 g/mol. The average Bonchev–Trinajstić information content (AvgIpc) is 2.60. The SMILES string of the molecule is COC(=O)C=Cc1ccc(O)c(-c2nc3ccccc3c(=O)[nH]2)c1. The van der Waals surface area contributed by atoms with Crippen LogP contribution in [0.5, 0.6) is 5.75 Å². The molecule has 1 heterocycles. The first kappa shape index (κ1) is 15.5. The Morgan fingerprint density at radius 3 is 2.83 bits per heavy atom. The highest BCUT2D eigenvalue weighted by molar-refractivity contribution is 5.87. The van der Waals surface area contributed by atoms with Gasteiger partial charge >= 0.3 is 5.97 Å². The van der Waals surface area contributed by atoms with E-state index < -0.39 is 5.97 Å². The Balaban J connectivity index is 2.10. The van der Waals surface area contributed by atoms with Gasteiger partial charge in [0.05, 0.1) is 23.6 Å². The Kier molecular flexibility index (Phi) is 4.11. The highest BCUT2D eigenvalue weighted by Gasteiger charge is 2.10. The van der Waals surface area contributed by atoms with E-state index in [1.807, 2.05) is 0 Å². The topological polar surface area (TPSA) is 92.3 Å². The number of hydrogen-bond acceptors (Lipinski definition) is 5. The molecule has 1 aromatic heterocycles. The second-order valence-corrected chi connectivity index (χ2v) is 5.06. The number of nitrogens with zero attached hydrogens (tertiary/aromatic N) is 1. The molecule has 2 aromatic carbocycles. The summed E-state index contributed by atoms with van der Waals surface area (Å²) in [6.07, 6.45) is 2.82. The predicted octanol–water partition coefficient (Wildman–Crippen LogP) is 2.48. The number of benzene rings is 2. The van der Waals surface area contributed by atoms with Gasteiger partial charge in [-0.25, -0.2) is 9.78 Å². The van der Waals surface area contributed by atoms with Crippen LogP contribution in [0.2, 0.25) is 0 Å². The normalized spacial score (nSPS) is 11.0. The predicted molar refractivity (Wildman–Crippen MR) is 90.5 cm³/mol. The first-order chi connectivity index (χ1) is 11.6. The third kappa shape index (κ3) is 3.03. The van der Waals surface area contributed by atoms with Crippen LogP contribution >= 0.6 is 0 Å². The Hall–Kier alpha value is -3.41. The zero-order chi connectivity index (χ0) is 17.1. The Morgan fingerprint density at radius 1 is 1.25 bits per heavy atom. The number of carbonyl (C=O) groups is 1. The fourth-order valence-electron chi connectivity index (χ4n) is 2.29. The molecule has 3 rings (SSSR count). The fourth-order valence-corrected chi connectivity index (χ4v) is 2.29. The Morgan fingerprint density at radius 2 is 2.04 bits per heavy atom. The van der Waals surface area contributed by atoms with E-state index in [2.05, 4.69) is 14.7 Å². The number of aromatic nitrogens is 2. The maximum Gasteiger partial charge on any atom is 0.330 e. The van der Waals surface area contributed by atoms with E-state index in [9.17, 15) is 14.7 Å². The summed E-state index contributed by atoms with van der Waals surface area (Å²) in [6, 6.07) is 11.7. The number of aromatic hydroxyl groups is 1. The quantitative estimate of drug-likeness (QED) is 0.571. The van der Waals surface area contributed by atoms with Gasteiger partial charge in [0.2, 0.25) is 0 Å². The molecule has 0 bridgehead atoms. The smallest absolute Gasteiger partial charge is 0.330 e. The van der Waals surface area contributed by atoms with Gasteiger partial charge < -0.3 is 14.8 Å². The van der Waals surface area contributed by atoms with Crippen LogP contribution in [0, 0.1) is 0 Å². The molecule has 3 aromatic rings. The van der Waals surface area contributed by atoms with Crippen LogP contribution in [0.3, 0.4) is 0 Å². The van der Waals surface area contributed by atoms with Gasteiger partial charge in [0.15, 0.2) is 0 Å². The van der Waals surface area contributed by atoms with Crippen molar-refractivity contribution >= 4 is 22.9 Å². The maximum atomic E-state index is 12.2. The van der Waals surface area contributed by atoms with Gasteiger partial charge in [0.25, 0.3) is 5.56 Å². The van der Waals surface area contributed by atoms with Gasteiger partial charge in [-0.05, 0) is 35.9 Å². The number of fused-ring (bicyclic) bond motifs is 1. The number of phenolic OH excluding ortho intramolecular Hbond substituents is 1. The molecule has 0 unspecified atom stereocenters. The summed E-state index contributed by atoms with van der Waals surface area (Å²) in [5, 5.41) is 10.6. The minimum Gasteiger partial charge on any atom is -0.507 e. The molecule has 0 amide bonds. The lowest BCUT2D eigenvalue weighted by Gasteiger charge is -2.06. The van der Waals surface area contributed by atoms with Crippen LogP contribution in [-0.2, 0) is 9.53 Å². The van der Waals surface area contributed by atoms with E-state index in [1.54, 1.807) is 42.5 Å². The van der Waals surface area contributed by atoms with Crippen LogP contribution in [-0.4, -0.2) is 28.2 Å². The van der Waals surface area contributed by atoms with E-state index in [0.29, 0.717) is 22.0 Å². The van der Waals surface area contributed by atoms with Crippen molar-refractivity contribution in [3.63, 3.8) is 0 Å². The average molecular weight is 322 g/mol. The van der Waals surface area contributed by atoms with Gasteiger partial charge in [-0.1, -0.05) is 18.2 Å². The largest absolute Gasteiger partial charge is 0.507 e. The molecule has 0 aliphatic rings. The van der Waals surface area contributed by atoms with Gasteiger partial charge in [-0.3, -0.25) is 4.79 Å². The van der Waals surface area contributed by atoms with Crippen molar-refractivity contribution in [1.82, 2.24) is 9.97 Å². The molecule has 6 nitrogen and oxygen atoms in total. The van der Waals surface area contributed by atoms with Gasteiger partial charge in [0, 0.05) is 6.08 Å². The first-order valence-corrected chi connectivity index (χ1v) is 7.17. The zero-order valence-corrected chi connectivity index (χ0v) is 12.8. The van der Waals surface area contributed by atoms with Crippen molar-refractivity contribution in [2.45, 2.75) is 0 Å². The number of aromatic amines is 1. The van der Waals surface area contributed by atoms with Gasteiger partial charge in [0.1, 0.15) is 11.6 Å². The van der Waals surface area contributed by atoms with E-state index in [-0.39, 0.29) is 17.1 Å². The molecule has 0 spiro atoms. The van der Waals surface area contributed by atoms with Crippen molar-refractivity contribution in [2.75, 3.05) is 7.11 Å². The minimum atomic E-state index is -0.484. The lowest BCUT2D eigenvalue weighted by Crippen LogP contribution is -2.09. The molecule has 0 fully saturated rings. The van der Waals surface area contributed by atoms with Crippen molar-refractivity contribution < 1.29 is 14.6 Å². The maximum absolute atomic E-state index is 12.2. The molecule has 6 heteroatoms. The highest BCUT2D eigenvalue weighted by atomic mass is 16.5. The summed E-state index contributed by atoms with van der Waals surface area (Å²) in [7, 11) is 1.29. The molecule has 0 radical (unpaired) electrons. The first-order valence-electron chi connectivity index (χ1n) is 7.17. The number of H-pyrrole nitrogens is 1. The van der Waals surface area contributed by atoms with Crippen LogP contribution in [0.1, 0.15) is 5.56 Å². The zero-order valence-electron chi connectivity index (χ0n) is 12.8. The Labute approximate surface area is 137 Å². The number of nitrogens with one attached hydrogen (secondary N) is 1. The van der Waals surface area contributed by atoms with Gasteiger partial charge in [-0.15, -0.1) is 0 Å². The summed E-state index contributed by atoms with van der Waals surface area (Å²) < 4.78 is 4.54. The van der Waals surface area contributed by atoms with Crippen molar-refractivity contribution in [2.24, 2.45) is 0 Å². The number of methoxy groups -OCH3 is 1. The second kappa shape index (κ2) is 6.37. The summed E-state index contributed by atoms with van der Waals surface area (Å²) >= 11 is 0. The number of hydrogen-bond donors (Lipinski definition) is 2. The third-order valence-corrected chi connectivity index (χ3v) is 3.50.